The molecule has 2 aliphatic rings. The Balaban J connectivity index is 2.10. The number of fused-ring (bicyclic) bond motifs is 2. The first-order chi connectivity index (χ1) is 9.66. The van der Waals surface area contributed by atoms with Crippen LogP contribution in [0.2, 0.25) is 0 Å². The first-order valence-corrected chi connectivity index (χ1v) is 7.08. The Hall–Kier alpha value is -1.75. The van der Waals surface area contributed by atoms with E-state index in [1.54, 1.807) is 0 Å². The van der Waals surface area contributed by atoms with Gasteiger partial charge in [-0.15, -0.1) is 0 Å². The Kier molecular flexibility index (Phi) is 3.53. The van der Waals surface area contributed by atoms with Gasteiger partial charge in [0.2, 0.25) is 0 Å². The molecule has 2 heterocycles. The van der Waals surface area contributed by atoms with E-state index in [2.05, 4.69) is 0 Å². The average Bonchev–Trinajstić information content (AvgIpc) is 2.43. The number of aryl methyl sites for hydroxylation is 1. The molecule has 0 saturated carbocycles. The number of carboxylic acid groups (broad SMARTS) is 1. The van der Waals surface area contributed by atoms with Crippen LogP contribution in [0.3, 0.4) is 0 Å². The predicted molar refractivity (Wildman–Crippen MR) is 73.3 cm³/mol. The lowest BCUT2D eigenvalue weighted by Gasteiger charge is -2.29. The number of benzene rings is 1. The Bertz CT molecular complexity index is 507. The summed E-state index contributed by atoms with van der Waals surface area (Å²) in [6, 6.07) is 1.50. The standard InChI is InChI=1S/C15H19NO4/c16-11(8-13(17)18)14-10-4-2-5-19-12(10)7-9-3-1-6-20-15(9)14/h7,11H,1-6,8,16H2,(H,17,18). The summed E-state index contributed by atoms with van der Waals surface area (Å²) in [5, 5.41) is 9.00. The fraction of sp³-hybridized carbons (Fsp3) is 0.533. The highest BCUT2D eigenvalue weighted by Crippen LogP contribution is 2.42. The highest BCUT2D eigenvalue weighted by atomic mass is 16.5. The molecule has 108 valence electrons. The van der Waals surface area contributed by atoms with Crippen molar-refractivity contribution in [1.29, 1.82) is 0 Å². The molecule has 0 radical (unpaired) electrons. The quantitative estimate of drug-likeness (QED) is 0.880. The molecule has 3 N–H and O–H groups in total. The summed E-state index contributed by atoms with van der Waals surface area (Å²) in [4.78, 5) is 11.0. The van der Waals surface area contributed by atoms with Gasteiger partial charge in [-0.1, -0.05) is 0 Å². The van der Waals surface area contributed by atoms with Crippen molar-refractivity contribution in [3.05, 3.63) is 22.8 Å². The minimum Gasteiger partial charge on any atom is -0.493 e. The molecule has 0 amide bonds. The third-order valence-electron chi connectivity index (χ3n) is 3.90. The second-order valence-corrected chi connectivity index (χ2v) is 5.36. The van der Waals surface area contributed by atoms with E-state index in [9.17, 15) is 4.79 Å². The fourth-order valence-corrected chi connectivity index (χ4v) is 3.05. The van der Waals surface area contributed by atoms with Gasteiger partial charge in [-0.3, -0.25) is 4.79 Å². The zero-order chi connectivity index (χ0) is 14.1. The molecule has 1 aromatic carbocycles. The van der Waals surface area contributed by atoms with Crippen LogP contribution in [0.25, 0.3) is 0 Å². The van der Waals surface area contributed by atoms with E-state index in [0.29, 0.717) is 13.2 Å². The zero-order valence-corrected chi connectivity index (χ0v) is 11.4. The zero-order valence-electron chi connectivity index (χ0n) is 11.4. The first-order valence-electron chi connectivity index (χ1n) is 7.08. The topological polar surface area (TPSA) is 81.8 Å². The van der Waals surface area contributed by atoms with Crippen molar-refractivity contribution in [2.24, 2.45) is 5.73 Å². The molecule has 1 aromatic rings. The average molecular weight is 277 g/mol. The summed E-state index contributed by atoms with van der Waals surface area (Å²) < 4.78 is 11.5. The lowest BCUT2D eigenvalue weighted by Crippen LogP contribution is -2.23. The number of nitrogens with two attached hydrogens (primary N) is 1. The monoisotopic (exact) mass is 277 g/mol. The summed E-state index contributed by atoms with van der Waals surface area (Å²) in [6.45, 7) is 1.37. The number of hydrogen-bond donors (Lipinski definition) is 2. The number of carboxylic acids is 1. The van der Waals surface area contributed by atoms with Crippen LogP contribution < -0.4 is 15.2 Å². The van der Waals surface area contributed by atoms with Crippen LogP contribution >= 0.6 is 0 Å². The molecule has 1 unspecified atom stereocenters. The van der Waals surface area contributed by atoms with Gasteiger partial charge in [0, 0.05) is 17.2 Å². The summed E-state index contributed by atoms with van der Waals surface area (Å²) in [6.07, 6.45) is 3.61. The molecule has 5 nitrogen and oxygen atoms in total. The molecule has 0 bridgehead atoms. The van der Waals surface area contributed by atoms with E-state index >= 15 is 0 Å². The minimum absolute atomic E-state index is 0.0910. The Labute approximate surface area is 117 Å². The molecular weight excluding hydrogens is 258 g/mol. The van der Waals surface area contributed by atoms with Crippen LogP contribution in [0.15, 0.2) is 6.07 Å². The largest absolute Gasteiger partial charge is 0.493 e. The maximum atomic E-state index is 11.0. The number of carbonyl (C=O) groups is 1. The van der Waals surface area contributed by atoms with Crippen molar-refractivity contribution < 1.29 is 19.4 Å². The van der Waals surface area contributed by atoms with Crippen molar-refractivity contribution in [2.75, 3.05) is 13.2 Å². The van der Waals surface area contributed by atoms with Gasteiger partial charge in [0.05, 0.1) is 19.6 Å². The van der Waals surface area contributed by atoms with Gasteiger partial charge in [0.15, 0.2) is 0 Å². The second kappa shape index (κ2) is 5.32. The van der Waals surface area contributed by atoms with E-state index in [1.807, 2.05) is 6.07 Å². The molecule has 0 aliphatic carbocycles. The molecule has 0 fully saturated rings. The number of ether oxygens (including phenoxy) is 2. The number of rotatable bonds is 3. The normalized spacial score (nSPS) is 18.2. The van der Waals surface area contributed by atoms with E-state index in [0.717, 1.165) is 53.9 Å². The van der Waals surface area contributed by atoms with Gasteiger partial charge in [-0.25, -0.2) is 0 Å². The maximum Gasteiger partial charge on any atom is 0.305 e. The van der Waals surface area contributed by atoms with Crippen molar-refractivity contribution in [2.45, 2.75) is 38.1 Å². The van der Waals surface area contributed by atoms with Crippen LogP contribution in [0.1, 0.15) is 42.0 Å². The molecule has 3 rings (SSSR count). The van der Waals surface area contributed by atoms with Gasteiger partial charge < -0.3 is 20.3 Å². The molecule has 20 heavy (non-hydrogen) atoms. The van der Waals surface area contributed by atoms with Crippen molar-refractivity contribution in [1.82, 2.24) is 0 Å². The lowest BCUT2D eigenvalue weighted by molar-refractivity contribution is -0.137. The fourth-order valence-electron chi connectivity index (χ4n) is 3.05. The van der Waals surface area contributed by atoms with Gasteiger partial charge in [0.1, 0.15) is 11.5 Å². The van der Waals surface area contributed by atoms with E-state index in [1.165, 1.54) is 0 Å². The molecule has 2 aliphatic heterocycles. The molecule has 0 aromatic heterocycles. The molecule has 0 spiro atoms. The maximum absolute atomic E-state index is 11.0. The third-order valence-corrected chi connectivity index (χ3v) is 3.90. The van der Waals surface area contributed by atoms with Crippen LogP contribution in [-0.2, 0) is 17.6 Å². The molecule has 0 saturated heterocycles. The minimum atomic E-state index is -0.892. The Morgan fingerprint density at radius 2 is 2.05 bits per heavy atom. The summed E-state index contributed by atoms with van der Waals surface area (Å²) in [5.74, 6) is 0.766. The Morgan fingerprint density at radius 1 is 1.30 bits per heavy atom. The van der Waals surface area contributed by atoms with Gasteiger partial charge in [0.25, 0.3) is 0 Å². The summed E-state index contributed by atoms with van der Waals surface area (Å²) >= 11 is 0. The van der Waals surface area contributed by atoms with Crippen LogP contribution in [-0.4, -0.2) is 24.3 Å². The number of hydrogen-bond acceptors (Lipinski definition) is 4. The van der Waals surface area contributed by atoms with Crippen molar-refractivity contribution in [3.8, 4) is 11.5 Å². The SMILES string of the molecule is NC(CC(=O)O)c1c2c(cc3c1OCCC3)OCCC2. The summed E-state index contributed by atoms with van der Waals surface area (Å²) in [7, 11) is 0. The van der Waals surface area contributed by atoms with E-state index < -0.39 is 12.0 Å². The first kappa shape index (κ1) is 13.2. The smallest absolute Gasteiger partial charge is 0.305 e. The summed E-state index contributed by atoms with van der Waals surface area (Å²) in [5.41, 5.74) is 9.10. The van der Waals surface area contributed by atoms with Crippen LogP contribution in [0.5, 0.6) is 11.5 Å². The highest BCUT2D eigenvalue weighted by molar-refractivity contribution is 5.69. The van der Waals surface area contributed by atoms with Crippen LogP contribution in [0, 0.1) is 0 Å². The molecule has 5 heteroatoms. The van der Waals surface area contributed by atoms with Gasteiger partial charge >= 0.3 is 5.97 Å². The second-order valence-electron chi connectivity index (χ2n) is 5.36. The highest BCUT2D eigenvalue weighted by Gasteiger charge is 2.28. The number of aliphatic carboxylic acids is 1. The lowest BCUT2D eigenvalue weighted by atomic mass is 9.88. The van der Waals surface area contributed by atoms with Crippen molar-refractivity contribution >= 4 is 5.97 Å². The molecular formula is C15H19NO4. The third kappa shape index (κ3) is 2.33. The van der Waals surface area contributed by atoms with E-state index in [-0.39, 0.29) is 6.42 Å². The predicted octanol–water partition coefficient (Wildman–Crippen LogP) is 1.81. The van der Waals surface area contributed by atoms with Crippen molar-refractivity contribution in [3.63, 3.8) is 0 Å². The van der Waals surface area contributed by atoms with Gasteiger partial charge in [-0.05, 0) is 37.3 Å². The van der Waals surface area contributed by atoms with Crippen LogP contribution in [0.4, 0.5) is 0 Å². The van der Waals surface area contributed by atoms with Gasteiger partial charge in [-0.2, -0.15) is 0 Å². The van der Waals surface area contributed by atoms with E-state index in [4.69, 9.17) is 20.3 Å². The Morgan fingerprint density at radius 3 is 2.85 bits per heavy atom. The molecule has 1 atom stereocenters.